The van der Waals surface area contributed by atoms with Crippen LogP contribution < -0.4 is 10.6 Å². The van der Waals surface area contributed by atoms with E-state index in [1.165, 1.54) is 12.8 Å². The predicted octanol–water partition coefficient (Wildman–Crippen LogP) is 1.58. The van der Waals surface area contributed by atoms with Crippen LogP contribution in [0.2, 0.25) is 0 Å². The summed E-state index contributed by atoms with van der Waals surface area (Å²) in [7, 11) is 0. The van der Waals surface area contributed by atoms with Crippen LogP contribution in [-0.4, -0.2) is 24.0 Å². The number of piperidine rings is 1. The van der Waals surface area contributed by atoms with Crippen LogP contribution in [0.3, 0.4) is 0 Å². The highest BCUT2D eigenvalue weighted by Crippen LogP contribution is 2.26. The molecule has 0 aliphatic carbocycles. The van der Waals surface area contributed by atoms with Crippen LogP contribution in [0.1, 0.15) is 51.9 Å². The molecule has 2 bridgehead atoms. The van der Waals surface area contributed by atoms with Crippen LogP contribution in [0.15, 0.2) is 0 Å². The molecule has 86 valence electrons. The van der Waals surface area contributed by atoms with Gasteiger partial charge in [-0.2, -0.15) is 0 Å². The zero-order chi connectivity index (χ0) is 10.7. The van der Waals surface area contributed by atoms with Gasteiger partial charge in [0.25, 0.3) is 0 Å². The maximum absolute atomic E-state index is 11.6. The van der Waals surface area contributed by atoms with Crippen LogP contribution >= 0.6 is 0 Å². The molecule has 2 aliphatic heterocycles. The van der Waals surface area contributed by atoms with E-state index in [1.54, 1.807) is 0 Å². The number of unbranched alkanes of at least 4 members (excludes halogenated alkanes) is 1. The van der Waals surface area contributed by atoms with Gasteiger partial charge in [0.2, 0.25) is 5.91 Å². The third-order valence-electron chi connectivity index (χ3n) is 3.60. The van der Waals surface area contributed by atoms with Crippen LogP contribution in [0.5, 0.6) is 0 Å². The van der Waals surface area contributed by atoms with Crippen molar-refractivity contribution >= 4 is 5.91 Å². The van der Waals surface area contributed by atoms with Gasteiger partial charge in [-0.3, -0.25) is 4.79 Å². The first-order chi connectivity index (χ1) is 7.28. The van der Waals surface area contributed by atoms with Gasteiger partial charge in [0.05, 0.1) is 0 Å². The molecule has 3 heteroatoms. The van der Waals surface area contributed by atoms with E-state index in [0.29, 0.717) is 24.5 Å². The second-order valence-corrected chi connectivity index (χ2v) is 4.98. The second-order valence-electron chi connectivity index (χ2n) is 4.98. The molecule has 15 heavy (non-hydrogen) atoms. The molecule has 2 heterocycles. The van der Waals surface area contributed by atoms with Gasteiger partial charge in [-0.25, -0.2) is 0 Å². The molecule has 2 rings (SSSR count). The van der Waals surface area contributed by atoms with E-state index in [9.17, 15) is 4.79 Å². The van der Waals surface area contributed by atoms with Crippen molar-refractivity contribution in [1.29, 1.82) is 0 Å². The lowest BCUT2D eigenvalue weighted by Gasteiger charge is -2.29. The fraction of sp³-hybridized carbons (Fsp3) is 0.917. The quantitative estimate of drug-likeness (QED) is 0.739. The molecule has 1 amide bonds. The monoisotopic (exact) mass is 210 g/mol. The van der Waals surface area contributed by atoms with E-state index in [2.05, 4.69) is 17.6 Å². The first-order valence-electron chi connectivity index (χ1n) is 6.33. The van der Waals surface area contributed by atoms with E-state index in [-0.39, 0.29) is 5.91 Å². The Bertz CT molecular complexity index is 218. The smallest absolute Gasteiger partial charge is 0.220 e. The molecule has 0 saturated carbocycles. The summed E-state index contributed by atoms with van der Waals surface area (Å²) in [6.07, 6.45) is 7.69. The minimum atomic E-state index is 0.253. The average Bonchev–Trinajstić information content (AvgIpc) is 2.55. The molecule has 2 aliphatic rings. The Morgan fingerprint density at radius 2 is 2.00 bits per heavy atom. The number of hydrogen-bond donors (Lipinski definition) is 2. The van der Waals surface area contributed by atoms with Crippen LogP contribution in [-0.2, 0) is 4.79 Å². The molecule has 0 aromatic rings. The second kappa shape index (κ2) is 4.97. The van der Waals surface area contributed by atoms with Crippen LogP contribution in [0.4, 0.5) is 0 Å². The van der Waals surface area contributed by atoms with Gasteiger partial charge in [0.1, 0.15) is 0 Å². The Hall–Kier alpha value is -0.570. The normalized spacial score (nSPS) is 34.1. The van der Waals surface area contributed by atoms with Crippen molar-refractivity contribution in [2.24, 2.45) is 0 Å². The van der Waals surface area contributed by atoms with Crippen molar-refractivity contribution in [2.75, 3.05) is 0 Å². The summed E-state index contributed by atoms with van der Waals surface area (Å²) in [6.45, 7) is 2.12. The number of amides is 1. The molecule has 0 aromatic carbocycles. The summed E-state index contributed by atoms with van der Waals surface area (Å²) < 4.78 is 0. The molecule has 2 N–H and O–H groups in total. The van der Waals surface area contributed by atoms with E-state index in [1.807, 2.05) is 0 Å². The minimum Gasteiger partial charge on any atom is -0.353 e. The largest absolute Gasteiger partial charge is 0.353 e. The maximum atomic E-state index is 11.6. The highest BCUT2D eigenvalue weighted by Gasteiger charge is 2.33. The zero-order valence-corrected chi connectivity index (χ0v) is 9.59. The Morgan fingerprint density at radius 3 is 2.60 bits per heavy atom. The molecular weight excluding hydrogens is 188 g/mol. The summed E-state index contributed by atoms with van der Waals surface area (Å²) in [5.41, 5.74) is 0. The van der Waals surface area contributed by atoms with Crippen molar-refractivity contribution in [1.82, 2.24) is 10.6 Å². The Morgan fingerprint density at radius 1 is 1.33 bits per heavy atom. The standard InChI is InChI=1S/C12H22N2O/c1-2-3-4-12(15)14-11-7-9-5-6-10(8-11)13-9/h9-11,13H,2-8H2,1H3,(H,14,15). The summed E-state index contributed by atoms with van der Waals surface area (Å²) >= 11 is 0. The molecule has 2 fully saturated rings. The fourth-order valence-corrected chi connectivity index (χ4v) is 2.81. The summed E-state index contributed by atoms with van der Waals surface area (Å²) in [5, 5.41) is 6.76. The maximum Gasteiger partial charge on any atom is 0.220 e. The fourth-order valence-electron chi connectivity index (χ4n) is 2.81. The zero-order valence-electron chi connectivity index (χ0n) is 9.59. The number of carbonyl (C=O) groups is 1. The minimum absolute atomic E-state index is 0.253. The highest BCUT2D eigenvalue weighted by atomic mass is 16.1. The van der Waals surface area contributed by atoms with Crippen molar-refractivity contribution in [2.45, 2.75) is 70.0 Å². The molecule has 0 aromatic heterocycles. The first-order valence-corrected chi connectivity index (χ1v) is 6.33. The van der Waals surface area contributed by atoms with Crippen LogP contribution in [0.25, 0.3) is 0 Å². The van der Waals surface area contributed by atoms with Gasteiger partial charge in [0.15, 0.2) is 0 Å². The third kappa shape index (κ3) is 2.94. The molecule has 2 unspecified atom stereocenters. The van der Waals surface area contributed by atoms with E-state index in [4.69, 9.17) is 0 Å². The van der Waals surface area contributed by atoms with Gasteiger partial charge in [-0.05, 0) is 32.1 Å². The first kappa shape index (κ1) is 10.9. The SMILES string of the molecule is CCCCC(=O)NC1CC2CCC(C1)N2. The lowest BCUT2D eigenvalue weighted by Crippen LogP contribution is -2.47. The molecule has 3 nitrogen and oxygen atoms in total. The third-order valence-corrected chi connectivity index (χ3v) is 3.60. The topological polar surface area (TPSA) is 41.1 Å². The number of carbonyl (C=O) groups excluding carboxylic acids is 1. The van der Waals surface area contributed by atoms with Gasteiger partial charge >= 0.3 is 0 Å². The van der Waals surface area contributed by atoms with Crippen molar-refractivity contribution in [3.63, 3.8) is 0 Å². The van der Waals surface area contributed by atoms with Gasteiger partial charge < -0.3 is 10.6 Å². The van der Waals surface area contributed by atoms with Crippen molar-refractivity contribution in [3.05, 3.63) is 0 Å². The molecule has 2 atom stereocenters. The van der Waals surface area contributed by atoms with E-state index >= 15 is 0 Å². The summed E-state index contributed by atoms with van der Waals surface area (Å²) in [4.78, 5) is 11.6. The molecular formula is C12H22N2O. The average molecular weight is 210 g/mol. The Kier molecular flexibility index (Phi) is 3.62. The Balaban J connectivity index is 1.73. The van der Waals surface area contributed by atoms with Crippen molar-refractivity contribution in [3.8, 4) is 0 Å². The Labute approximate surface area is 92.0 Å². The van der Waals surface area contributed by atoms with E-state index < -0.39 is 0 Å². The predicted molar refractivity (Wildman–Crippen MR) is 60.6 cm³/mol. The lowest BCUT2D eigenvalue weighted by atomic mass is 9.99. The number of hydrogen-bond acceptors (Lipinski definition) is 2. The summed E-state index contributed by atoms with van der Waals surface area (Å²) in [5.74, 6) is 0.253. The number of fused-ring (bicyclic) bond motifs is 2. The molecule has 0 spiro atoms. The van der Waals surface area contributed by atoms with Gasteiger partial charge in [0, 0.05) is 24.5 Å². The molecule has 0 radical (unpaired) electrons. The number of rotatable bonds is 4. The highest BCUT2D eigenvalue weighted by molar-refractivity contribution is 5.76. The van der Waals surface area contributed by atoms with E-state index in [0.717, 1.165) is 25.7 Å². The summed E-state index contributed by atoms with van der Waals surface area (Å²) in [6, 6.07) is 1.77. The lowest BCUT2D eigenvalue weighted by molar-refractivity contribution is -0.122. The molecule has 2 saturated heterocycles. The van der Waals surface area contributed by atoms with Crippen LogP contribution in [0, 0.1) is 0 Å². The van der Waals surface area contributed by atoms with Crippen molar-refractivity contribution < 1.29 is 4.79 Å². The van der Waals surface area contributed by atoms with Gasteiger partial charge in [-0.15, -0.1) is 0 Å². The van der Waals surface area contributed by atoms with Gasteiger partial charge in [-0.1, -0.05) is 13.3 Å². The number of nitrogens with one attached hydrogen (secondary N) is 2.